The molecular formula is C22H27N5O2. The zero-order valence-corrected chi connectivity index (χ0v) is 17.1. The van der Waals surface area contributed by atoms with Gasteiger partial charge in [-0.2, -0.15) is 0 Å². The number of carbonyl (C=O) groups excluding carboxylic acids is 1. The van der Waals surface area contributed by atoms with E-state index in [9.17, 15) is 9.59 Å². The van der Waals surface area contributed by atoms with Crippen molar-refractivity contribution in [2.24, 2.45) is 0 Å². The molecule has 152 valence electrons. The van der Waals surface area contributed by atoms with E-state index >= 15 is 0 Å². The van der Waals surface area contributed by atoms with Crippen LogP contribution in [0.25, 0.3) is 10.9 Å². The number of nitrogens with one attached hydrogen (secondary N) is 1. The number of hydrogen-bond acceptors (Lipinski definition) is 5. The number of aromatic nitrogens is 3. The van der Waals surface area contributed by atoms with Gasteiger partial charge >= 0.3 is 0 Å². The second-order valence-corrected chi connectivity index (χ2v) is 7.26. The van der Waals surface area contributed by atoms with Gasteiger partial charge in [-0.1, -0.05) is 48.5 Å². The van der Waals surface area contributed by atoms with Crippen LogP contribution in [0, 0.1) is 0 Å². The van der Waals surface area contributed by atoms with Crippen molar-refractivity contribution in [2.75, 3.05) is 20.6 Å². The van der Waals surface area contributed by atoms with E-state index in [4.69, 9.17) is 0 Å². The first-order valence-corrected chi connectivity index (χ1v) is 9.84. The molecule has 0 aliphatic heterocycles. The van der Waals surface area contributed by atoms with E-state index in [1.165, 1.54) is 10.2 Å². The molecule has 1 amide bonds. The number of hydrogen-bond donors (Lipinski definition) is 1. The predicted octanol–water partition coefficient (Wildman–Crippen LogP) is 2.16. The Morgan fingerprint density at radius 3 is 2.55 bits per heavy atom. The van der Waals surface area contributed by atoms with Crippen molar-refractivity contribution >= 4 is 16.8 Å². The molecule has 0 radical (unpaired) electrons. The number of benzene rings is 2. The molecule has 1 N–H and O–H groups in total. The average molecular weight is 393 g/mol. The fourth-order valence-corrected chi connectivity index (χ4v) is 3.25. The van der Waals surface area contributed by atoms with Crippen molar-refractivity contribution < 1.29 is 4.79 Å². The molecule has 1 heterocycles. The number of amides is 1. The Kier molecular flexibility index (Phi) is 6.72. The second kappa shape index (κ2) is 9.43. The van der Waals surface area contributed by atoms with E-state index < -0.39 is 0 Å². The third kappa shape index (κ3) is 5.06. The molecule has 1 atom stereocenters. The summed E-state index contributed by atoms with van der Waals surface area (Å²) in [5, 5.41) is 11.5. The van der Waals surface area contributed by atoms with Gasteiger partial charge in [0.15, 0.2) is 0 Å². The standard InChI is InChI=1S/C22H27N5O2/c1-4-16-9-11-17(12-10-16)20(26(2)3)15-23-21(28)13-14-27-22(29)18-7-5-6-8-19(18)24-25-27/h5-12,20H,4,13-15H2,1-3H3,(H,23,28). The minimum Gasteiger partial charge on any atom is -0.354 e. The van der Waals surface area contributed by atoms with Gasteiger partial charge in [0.05, 0.1) is 18.0 Å². The van der Waals surface area contributed by atoms with Gasteiger partial charge in [-0.25, -0.2) is 4.68 Å². The van der Waals surface area contributed by atoms with Crippen LogP contribution < -0.4 is 10.9 Å². The first kappa shape index (κ1) is 20.7. The molecule has 3 rings (SSSR count). The predicted molar refractivity (Wildman–Crippen MR) is 114 cm³/mol. The number of rotatable bonds is 8. The summed E-state index contributed by atoms with van der Waals surface area (Å²) < 4.78 is 1.24. The second-order valence-electron chi connectivity index (χ2n) is 7.26. The zero-order chi connectivity index (χ0) is 20.8. The molecule has 0 aliphatic rings. The van der Waals surface area contributed by atoms with Crippen LogP contribution >= 0.6 is 0 Å². The van der Waals surface area contributed by atoms with Crippen LogP contribution in [0.1, 0.15) is 30.5 Å². The Labute approximate surface area is 170 Å². The highest BCUT2D eigenvalue weighted by atomic mass is 16.2. The molecule has 0 fully saturated rings. The van der Waals surface area contributed by atoms with E-state index in [1.807, 2.05) is 20.2 Å². The van der Waals surface area contributed by atoms with E-state index in [1.54, 1.807) is 18.2 Å². The number of aryl methyl sites for hydroxylation is 2. The maximum absolute atomic E-state index is 12.5. The molecule has 0 saturated carbocycles. The number of nitrogens with zero attached hydrogens (tertiary/aromatic N) is 4. The van der Waals surface area contributed by atoms with Crippen molar-refractivity contribution in [1.29, 1.82) is 0 Å². The van der Waals surface area contributed by atoms with Gasteiger partial charge in [0.1, 0.15) is 5.52 Å². The maximum atomic E-state index is 12.5. The highest BCUT2D eigenvalue weighted by Crippen LogP contribution is 2.18. The number of carbonyl (C=O) groups is 1. The maximum Gasteiger partial charge on any atom is 0.277 e. The van der Waals surface area contributed by atoms with Gasteiger partial charge in [0, 0.05) is 13.0 Å². The Morgan fingerprint density at radius 1 is 1.14 bits per heavy atom. The lowest BCUT2D eigenvalue weighted by Gasteiger charge is -2.25. The van der Waals surface area contributed by atoms with Crippen LogP contribution in [0.15, 0.2) is 53.3 Å². The van der Waals surface area contributed by atoms with E-state index in [-0.39, 0.29) is 30.5 Å². The lowest BCUT2D eigenvalue weighted by molar-refractivity contribution is -0.121. The van der Waals surface area contributed by atoms with Gasteiger partial charge in [-0.05, 0) is 43.8 Å². The van der Waals surface area contributed by atoms with Gasteiger partial charge in [-0.15, -0.1) is 5.10 Å². The van der Waals surface area contributed by atoms with Gasteiger partial charge in [0.25, 0.3) is 5.56 Å². The summed E-state index contributed by atoms with van der Waals surface area (Å²) >= 11 is 0. The lowest BCUT2D eigenvalue weighted by atomic mass is 10.0. The van der Waals surface area contributed by atoms with Crippen LogP contribution in [-0.2, 0) is 17.8 Å². The van der Waals surface area contributed by atoms with Gasteiger partial charge in [-0.3, -0.25) is 9.59 Å². The zero-order valence-electron chi connectivity index (χ0n) is 17.1. The molecule has 3 aromatic rings. The largest absolute Gasteiger partial charge is 0.354 e. The number of fused-ring (bicyclic) bond motifs is 1. The summed E-state index contributed by atoms with van der Waals surface area (Å²) in [5.41, 5.74) is 2.77. The first-order valence-electron chi connectivity index (χ1n) is 9.84. The van der Waals surface area contributed by atoms with Crippen LogP contribution in [-0.4, -0.2) is 46.4 Å². The van der Waals surface area contributed by atoms with Crippen LogP contribution in [0.2, 0.25) is 0 Å². The topological polar surface area (TPSA) is 80.1 Å². The van der Waals surface area contributed by atoms with Crippen molar-refractivity contribution in [3.63, 3.8) is 0 Å². The highest BCUT2D eigenvalue weighted by molar-refractivity contribution is 5.77. The molecule has 1 aromatic heterocycles. The third-order valence-electron chi connectivity index (χ3n) is 5.07. The fourth-order valence-electron chi connectivity index (χ4n) is 3.25. The Balaban J connectivity index is 1.59. The lowest BCUT2D eigenvalue weighted by Crippen LogP contribution is -2.35. The summed E-state index contributed by atoms with van der Waals surface area (Å²) in [6.07, 6.45) is 1.17. The number of likely N-dealkylation sites (N-methyl/N-ethyl adjacent to an activating group) is 1. The monoisotopic (exact) mass is 393 g/mol. The third-order valence-corrected chi connectivity index (χ3v) is 5.07. The summed E-state index contributed by atoms with van der Waals surface area (Å²) in [6.45, 7) is 2.82. The molecule has 29 heavy (non-hydrogen) atoms. The van der Waals surface area contributed by atoms with Gasteiger partial charge in [0.2, 0.25) is 5.91 Å². The molecule has 2 aromatic carbocycles. The first-order chi connectivity index (χ1) is 14.0. The molecule has 7 heteroatoms. The van der Waals surface area contributed by atoms with E-state index in [0.29, 0.717) is 17.4 Å². The minimum absolute atomic E-state index is 0.0769. The van der Waals surface area contributed by atoms with Crippen molar-refractivity contribution in [1.82, 2.24) is 25.2 Å². The molecule has 0 aliphatic carbocycles. The quantitative estimate of drug-likeness (QED) is 0.634. The normalized spacial score (nSPS) is 12.3. The summed E-state index contributed by atoms with van der Waals surface area (Å²) in [7, 11) is 3.99. The molecule has 1 unspecified atom stereocenters. The minimum atomic E-state index is -0.231. The molecule has 0 bridgehead atoms. The van der Waals surface area contributed by atoms with Crippen LogP contribution in [0.4, 0.5) is 0 Å². The molecule has 0 spiro atoms. The molecule has 7 nitrogen and oxygen atoms in total. The SMILES string of the molecule is CCc1ccc(C(CNC(=O)CCn2nnc3ccccc3c2=O)N(C)C)cc1. The summed E-state index contributed by atoms with van der Waals surface area (Å²) in [6, 6.07) is 15.6. The van der Waals surface area contributed by atoms with Crippen LogP contribution in [0.3, 0.4) is 0 Å². The van der Waals surface area contributed by atoms with E-state index in [2.05, 4.69) is 51.7 Å². The molecule has 0 saturated heterocycles. The Morgan fingerprint density at radius 2 is 1.86 bits per heavy atom. The molecular weight excluding hydrogens is 366 g/mol. The smallest absolute Gasteiger partial charge is 0.277 e. The van der Waals surface area contributed by atoms with Gasteiger partial charge < -0.3 is 10.2 Å². The van der Waals surface area contributed by atoms with Crippen LogP contribution in [0.5, 0.6) is 0 Å². The summed E-state index contributed by atoms with van der Waals surface area (Å²) in [5.74, 6) is -0.121. The van der Waals surface area contributed by atoms with E-state index in [0.717, 1.165) is 12.0 Å². The van der Waals surface area contributed by atoms with Crippen molar-refractivity contribution in [3.05, 3.63) is 70.0 Å². The average Bonchev–Trinajstić information content (AvgIpc) is 2.74. The fraction of sp³-hybridized carbons (Fsp3) is 0.364. The Hall–Kier alpha value is -3.06. The van der Waals surface area contributed by atoms with Crippen molar-refractivity contribution in [3.8, 4) is 0 Å². The summed E-state index contributed by atoms with van der Waals surface area (Å²) in [4.78, 5) is 26.9. The van der Waals surface area contributed by atoms with Crippen molar-refractivity contribution in [2.45, 2.75) is 32.4 Å². The highest BCUT2D eigenvalue weighted by Gasteiger charge is 2.15. The Bertz CT molecular complexity index is 1030.